The van der Waals surface area contributed by atoms with Crippen molar-refractivity contribution in [3.8, 4) is 5.82 Å². The zero-order valence-corrected chi connectivity index (χ0v) is 15.9. The number of imidazole rings is 1. The lowest BCUT2D eigenvalue weighted by Gasteiger charge is -2.34. The van der Waals surface area contributed by atoms with Gasteiger partial charge in [0, 0.05) is 37.9 Å². The molecule has 0 spiro atoms. The summed E-state index contributed by atoms with van der Waals surface area (Å²) in [7, 11) is -3.13. The van der Waals surface area contributed by atoms with Gasteiger partial charge in [0.1, 0.15) is 23.8 Å². The highest BCUT2D eigenvalue weighted by molar-refractivity contribution is 7.89. The first-order valence-electron chi connectivity index (χ1n) is 8.41. The SMILES string of the molecule is CCS(=O)(=O)N1CCN(c2cc(-n3cnc(C)c3C)nc(C)n2)CC1. The topological polar surface area (TPSA) is 84.2 Å². The highest BCUT2D eigenvalue weighted by atomic mass is 32.2. The molecule has 2 aromatic heterocycles. The van der Waals surface area contributed by atoms with Crippen LogP contribution in [0.25, 0.3) is 5.82 Å². The fourth-order valence-corrected chi connectivity index (χ4v) is 4.01. The average molecular weight is 364 g/mol. The number of piperazine rings is 1. The van der Waals surface area contributed by atoms with Gasteiger partial charge in [-0.1, -0.05) is 0 Å². The molecule has 1 aliphatic rings. The van der Waals surface area contributed by atoms with Gasteiger partial charge >= 0.3 is 0 Å². The maximum absolute atomic E-state index is 12.0. The van der Waals surface area contributed by atoms with Gasteiger partial charge in [-0.25, -0.2) is 23.4 Å². The van der Waals surface area contributed by atoms with E-state index in [-0.39, 0.29) is 5.75 Å². The van der Waals surface area contributed by atoms with Gasteiger partial charge in [-0.05, 0) is 27.7 Å². The molecule has 25 heavy (non-hydrogen) atoms. The highest BCUT2D eigenvalue weighted by Crippen LogP contribution is 2.20. The van der Waals surface area contributed by atoms with Crippen LogP contribution in [0.15, 0.2) is 12.4 Å². The van der Waals surface area contributed by atoms with E-state index in [0.29, 0.717) is 32.0 Å². The van der Waals surface area contributed by atoms with Gasteiger partial charge in [-0.3, -0.25) is 4.57 Å². The summed E-state index contributed by atoms with van der Waals surface area (Å²) in [6.07, 6.45) is 1.77. The van der Waals surface area contributed by atoms with E-state index in [9.17, 15) is 8.42 Å². The summed E-state index contributed by atoms with van der Waals surface area (Å²) in [4.78, 5) is 15.5. The van der Waals surface area contributed by atoms with Crippen LogP contribution in [-0.2, 0) is 10.0 Å². The second-order valence-corrected chi connectivity index (χ2v) is 8.46. The normalized spacial score (nSPS) is 16.4. The van der Waals surface area contributed by atoms with Gasteiger partial charge < -0.3 is 4.90 Å². The van der Waals surface area contributed by atoms with Crippen molar-refractivity contribution in [1.29, 1.82) is 0 Å². The lowest BCUT2D eigenvalue weighted by atomic mass is 10.3. The van der Waals surface area contributed by atoms with E-state index in [0.717, 1.165) is 23.0 Å². The Hall–Kier alpha value is -2.00. The lowest BCUT2D eigenvalue weighted by Crippen LogP contribution is -2.49. The molecule has 0 bridgehead atoms. The first-order valence-corrected chi connectivity index (χ1v) is 10.0. The van der Waals surface area contributed by atoms with Crippen LogP contribution in [0, 0.1) is 20.8 Å². The van der Waals surface area contributed by atoms with Crippen molar-refractivity contribution in [3.05, 3.63) is 29.6 Å². The third-order valence-corrected chi connectivity index (χ3v) is 6.51. The monoisotopic (exact) mass is 364 g/mol. The van der Waals surface area contributed by atoms with Gasteiger partial charge in [0.2, 0.25) is 10.0 Å². The van der Waals surface area contributed by atoms with Gasteiger partial charge in [-0.2, -0.15) is 4.31 Å². The molecule has 0 atom stereocenters. The van der Waals surface area contributed by atoms with Gasteiger partial charge in [-0.15, -0.1) is 0 Å². The van der Waals surface area contributed by atoms with E-state index < -0.39 is 10.0 Å². The number of nitrogens with zero attached hydrogens (tertiary/aromatic N) is 6. The molecule has 136 valence electrons. The van der Waals surface area contributed by atoms with Crippen LogP contribution >= 0.6 is 0 Å². The van der Waals surface area contributed by atoms with E-state index in [1.165, 1.54) is 0 Å². The van der Waals surface area contributed by atoms with Crippen molar-refractivity contribution < 1.29 is 8.42 Å². The molecular formula is C16H24N6O2S. The van der Waals surface area contributed by atoms with E-state index in [1.54, 1.807) is 17.6 Å². The molecule has 1 saturated heterocycles. The first-order chi connectivity index (χ1) is 11.8. The largest absolute Gasteiger partial charge is 0.354 e. The lowest BCUT2D eigenvalue weighted by molar-refractivity contribution is 0.384. The molecular weight excluding hydrogens is 340 g/mol. The molecule has 0 unspecified atom stereocenters. The van der Waals surface area contributed by atoms with Crippen molar-refractivity contribution in [2.75, 3.05) is 36.8 Å². The number of aromatic nitrogens is 4. The summed E-state index contributed by atoms with van der Waals surface area (Å²) in [5.41, 5.74) is 2.01. The molecule has 0 aliphatic carbocycles. The van der Waals surface area contributed by atoms with Crippen LogP contribution in [0.5, 0.6) is 0 Å². The first kappa shape index (κ1) is 17.8. The quantitative estimate of drug-likeness (QED) is 0.807. The molecule has 1 fully saturated rings. The van der Waals surface area contributed by atoms with Gasteiger partial charge in [0.25, 0.3) is 0 Å². The molecule has 0 saturated carbocycles. The van der Waals surface area contributed by atoms with Crippen molar-refractivity contribution in [2.24, 2.45) is 0 Å². The molecule has 0 aromatic carbocycles. The Balaban J connectivity index is 1.84. The standard InChI is InChI=1S/C16H24N6O2S/c1-5-25(23,24)21-8-6-20(7-9-21)15-10-16(19-14(4)18-15)22-11-17-12(2)13(22)3/h10-11H,5-9H2,1-4H3. The van der Waals surface area contributed by atoms with Crippen LogP contribution in [-0.4, -0.2) is 64.2 Å². The highest BCUT2D eigenvalue weighted by Gasteiger charge is 2.26. The predicted octanol–water partition coefficient (Wildman–Crippen LogP) is 1.06. The Bertz CT molecular complexity index is 869. The van der Waals surface area contributed by atoms with E-state index in [4.69, 9.17) is 0 Å². The second kappa shape index (κ2) is 6.72. The summed E-state index contributed by atoms with van der Waals surface area (Å²) in [6.45, 7) is 9.73. The number of aryl methyl sites for hydroxylation is 2. The van der Waals surface area contributed by atoms with E-state index >= 15 is 0 Å². The number of hydrogen-bond acceptors (Lipinski definition) is 6. The van der Waals surface area contributed by atoms with Crippen molar-refractivity contribution in [3.63, 3.8) is 0 Å². The van der Waals surface area contributed by atoms with Crippen LogP contribution in [0.3, 0.4) is 0 Å². The minimum Gasteiger partial charge on any atom is -0.354 e. The summed E-state index contributed by atoms with van der Waals surface area (Å²) in [5, 5.41) is 0. The van der Waals surface area contributed by atoms with Gasteiger partial charge in [0.05, 0.1) is 11.4 Å². The Kier molecular flexibility index (Phi) is 4.79. The number of anilines is 1. The Morgan fingerprint density at radius 3 is 2.24 bits per heavy atom. The minimum atomic E-state index is -3.13. The average Bonchev–Trinajstić information content (AvgIpc) is 2.93. The molecule has 1 aliphatic heterocycles. The van der Waals surface area contributed by atoms with Gasteiger partial charge in [0.15, 0.2) is 0 Å². The maximum Gasteiger partial charge on any atom is 0.213 e. The third kappa shape index (κ3) is 3.52. The molecule has 3 heterocycles. The summed E-state index contributed by atoms with van der Waals surface area (Å²) in [5.74, 6) is 2.43. The Labute approximate surface area is 148 Å². The summed E-state index contributed by atoms with van der Waals surface area (Å²) < 4.78 is 27.5. The molecule has 9 heteroatoms. The zero-order chi connectivity index (χ0) is 18.2. The fourth-order valence-electron chi connectivity index (χ4n) is 2.93. The summed E-state index contributed by atoms with van der Waals surface area (Å²) >= 11 is 0. The van der Waals surface area contributed by atoms with Crippen molar-refractivity contribution in [2.45, 2.75) is 27.7 Å². The van der Waals surface area contributed by atoms with Crippen LogP contribution in [0.4, 0.5) is 5.82 Å². The molecule has 0 amide bonds. The molecule has 0 N–H and O–H groups in total. The number of rotatable bonds is 4. The zero-order valence-electron chi connectivity index (χ0n) is 15.1. The molecule has 3 rings (SSSR count). The molecule has 0 radical (unpaired) electrons. The summed E-state index contributed by atoms with van der Waals surface area (Å²) in [6, 6.07) is 1.94. The number of sulfonamides is 1. The third-order valence-electron chi connectivity index (χ3n) is 4.63. The predicted molar refractivity (Wildman–Crippen MR) is 96.6 cm³/mol. The van der Waals surface area contributed by atoms with Crippen molar-refractivity contribution >= 4 is 15.8 Å². The minimum absolute atomic E-state index is 0.142. The molecule has 8 nitrogen and oxygen atoms in total. The van der Waals surface area contributed by atoms with Crippen LogP contribution in [0.2, 0.25) is 0 Å². The Morgan fingerprint density at radius 2 is 1.68 bits per heavy atom. The van der Waals surface area contributed by atoms with Crippen LogP contribution < -0.4 is 4.90 Å². The Morgan fingerprint density at radius 1 is 1.04 bits per heavy atom. The molecule has 2 aromatic rings. The van der Waals surface area contributed by atoms with E-state index in [2.05, 4.69) is 19.9 Å². The fraction of sp³-hybridized carbons (Fsp3) is 0.562. The maximum atomic E-state index is 12.0. The second-order valence-electron chi connectivity index (χ2n) is 6.20. The smallest absolute Gasteiger partial charge is 0.213 e. The van der Waals surface area contributed by atoms with E-state index in [1.807, 2.05) is 31.4 Å². The van der Waals surface area contributed by atoms with Crippen molar-refractivity contribution in [1.82, 2.24) is 23.8 Å². The van der Waals surface area contributed by atoms with Crippen LogP contribution in [0.1, 0.15) is 24.1 Å². The number of hydrogen-bond donors (Lipinski definition) is 0.